The lowest BCUT2D eigenvalue weighted by molar-refractivity contribution is -0.150. The van der Waals surface area contributed by atoms with Crippen LogP contribution in [0.4, 0.5) is 0 Å². The number of nitrogens with one attached hydrogen (secondary N) is 1. The number of halogens is 4. The number of benzene rings is 4. The number of carbonyl (C=O) groups is 3. The molecular weight excluding hydrogens is 1280 g/mol. The molecule has 2 aliphatic heterocycles. The minimum atomic E-state index is -0.562. The molecule has 6 atom stereocenters. The third-order valence-corrected chi connectivity index (χ3v) is 19.5. The third-order valence-electron chi connectivity index (χ3n) is 18.2. The van der Waals surface area contributed by atoms with Crippen molar-refractivity contribution in [2.24, 2.45) is 17.3 Å². The van der Waals surface area contributed by atoms with E-state index in [-0.39, 0.29) is 46.9 Å². The number of hydrogen-bond acceptors (Lipinski definition) is 8. The Morgan fingerprint density at radius 3 is 1.61 bits per heavy atom. The number of amides is 3. The molecule has 6 heterocycles. The van der Waals surface area contributed by atoms with Crippen molar-refractivity contribution in [1.82, 2.24) is 49.1 Å². The SMILES string of the molecule is CC(C)(C)CC(=O)N1CCC([C@H]2c3ccc(Cl)cc3CCc3cc(Br)cnc32)CC1C(=O)N(CCCn1ccnc1)Cc1ccccc1.O=C(C1CC([C@H]2c3ccc(Cl)cc3CCc3cc(Br)cnc32)CCN1)N(CCCn1ccnc1)Cc1ccccc1. The molecule has 0 saturated carbocycles. The van der Waals surface area contributed by atoms with Crippen molar-refractivity contribution < 1.29 is 14.4 Å². The maximum Gasteiger partial charge on any atom is 0.245 e. The first-order chi connectivity index (χ1) is 43.1. The Morgan fingerprint density at radius 1 is 0.618 bits per heavy atom. The van der Waals surface area contributed by atoms with Crippen LogP contribution in [0.2, 0.25) is 10.0 Å². The fourth-order valence-corrected chi connectivity index (χ4v) is 15.2. The number of imidazole rings is 2. The van der Waals surface area contributed by atoms with Crippen LogP contribution in [0.25, 0.3) is 0 Å². The van der Waals surface area contributed by atoms with Crippen LogP contribution < -0.4 is 5.32 Å². The largest absolute Gasteiger partial charge is 0.337 e. The van der Waals surface area contributed by atoms with Crippen molar-refractivity contribution in [2.75, 3.05) is 26.2 Å². The Kier molecular flexibility index (Phi) is 21.3. The van der Waals surface area contributed by atoms with E-state index in [9.17, 15) is 14.4 Å². The fourth-order valence-electron chi connectivity index (χ4n) is 14.0. The van der Waals surface area contributed by atoms with E-state index in [1.54, 1.807) is 12.4 Å². The standard InChI is InChI=1S/C39H45BrClN5O2.C33H35BrClN5O/c1-39(2,3)23-35(47)46-18-14-29(36-33-13-12-32(41)21-28(33)10-11-30-20-31(40)24-43-37(30)36)22-34(46)38(48)45(25-27-8-5-4-6-9-27)17-7-16-44-19-15-42-26-44;34-27-17-26-8-7-24-18-28(35)9-10-29(24)31(32(26)38-20-27)25-11-12-37-30(19-25)33(41)40(21-23-5-2-1-3-6-23)15-4-14-39-16-13-36-22-39/h4-6,8-9,12-13,15,19-21,24,26,29,34,36H,7,10-11,14,16-18,22-23,25H2,1-3H3;1-3,5-6,9-10,13,16-18,20,22,25,30-31,37H,4,7-8,11-12,14-15,19,21H2/t29?,34?,36-;25?,30?,31-/m00/s1. The predicted octanol–water partition coefficient (Wildman–Crippen LogP) is 14.5. The average molecular weight is 1360 g/mol. The van der Waals surface area contributed by atoms with Gasteiger partial charge in [0.05, 0.1) is 30.1 Å². The highest BCUT2D eigenvalue weighted by Crippen LogP contribution is 2.46. The third kappa shape index (κ3) is 16.4. The summed E-state index contributed by atoms with van der Waals surface area (Å²) in [5.41, 5.74) is 11.8. The van der Waals surface area contributed by atoms with Gasteiger partial charge in [0.1, 0.15) is 6.04 Å². The Labute approximate surface area is 551 Å². The average Bonchev–Trinajstić information content (AvgIpc) is 1.95. The highest BCUT2D eigenvalue weighted by atomic mass is 79.9. The molecule has 0 radical (unpaired) electrons. The first-order valence-corrected chi connectivity index (χ1v) is 33.9. The van der Waals surface area contributed by atoms with E-state index in [1.807, 2.05) is 105 Å². The number of aromatic nitrogens is 6. The second-order valence-corrected chi connectivity index (χ2v) is 28.5. The van der Waals surface area contributed by atoms with Crippen LogP contribution in [-0.4, -0.2) is 99.8 Å². The highest BCUT2D eigenvalue weighted by molar-refractivity contribution is 9.10. The van der Waals surface area contributed by atoms with Crippen LogP contribution in [0.15, 0.2) is 168 Å². The quantitative estimate of drug-likeness (QED) is 0.0952. The Balaban J connectivity index is 0.000000186. The molecule has 3 amide bonds. The molecule has 4 aromatic heterocycles. The maximum atomic E-state index is 14.9. The van der Waals surface area contributed by atoms with Gasteiger partial charge < -0.3 is 29.2 Å². The lowest BCUT2D eigenvalue weighted by Gasteiger charge is -2.44. The number of rotatable bonds is 17. The second-order valence-electron chi connectivity index (χ2n) is 25.8. The molecule has 4 aliphatic rings. The first-order valence-electron chi connectivity index (χ1n) is 31.6. The molecule has 8 aromatic rings. The van der Waals surface area contributed by atoms with E-state index in [1.165, 1.54) is 33.4 Å². The van der Waals surface area contributed by atoms with Gasteiger partial charge in [0, 0.05) is 120 Å². The zero-order valence-corrected chi connectivity index (χ0v) is 55.9. The summed E-state index contributed by atoms with van der Waals surface area (Å²) in [6, 6.07) is 36.6. The summed E-state index contributed by atoms with van der Waals surface area (Å²) >= 11 is 20.3. The van der Waals surface area contributed by atoms with Crippen molar-refractivity contribution in [1.29, 1.82) is 0 Å². The minimum Gasteiger partial charge on any atom is -0.337 e. The Morgan fingerprint density at radius 2 is 1.11 bits per heavy atom. The number of fused-ring (bicyclic) bond motifs is 4. The van der Waals surface area contributed by atoms with Crippen LogP contribution in [0.1, 0.15) is 133 Å². The fraction of sp³-hybridized carbons (Fsp3) is 0.403. The molecule has 0 spiro atoms. The monoisotopic (exact) mass is 1360 g/mol. The molecule has 12 rings (SSSR count). The molecule has 4 unspecified atom stereocenters. The predicted molar refractivity (Wildman–Crippen MR) is 359 cm³/mol. The molecular formula is C72H80Br2Cl2N10O3. The van der Waals surface area contributed by atoms with Gasteiger partial charge in [-0.25, -0.2) is 9.97 Å². The molecule has 2 fully saturated rings. The van der Waals surface area contributed by atoms with Crippen LogP contribution in [-0.2, 0) is 66.2 Å². The molecule has 13 nitrogen and oxygen atoms in total. The number of nitrogens with zero attached hydrogens (tertiary/aromatic N) is 9. The number of carbonyl (C=O) groups excluding carboxylic acids is 3. The first kappa shape index (κ1) is 64.1. The summed E-state index contributed by atoms with van der Waals surface area (Å²) in [6.45, 7) is 11.6. The lowest BCUT2D eigenvalue weighted by atomic mass is 9.74. The van der Waals surface area contributed by atoms with Gasteiger partial charge in [0.2, 0.25) is 17.7 Å². The summed E-state index contributed by atoms with van der Waals surface area (Å²) in [5.74, 6) is 0.792. The summed E-state index contributed by atoms with van der Waals surface area (Å²) in [7, 11) is 0. The molecule has 2 aliphatic carbocycles. The van der Waals surface area contributed by atoms with Crippen LogP contribution >= 0.6 is 55.1 Å². The van der Waals surface area contributed by atoms with E-state index >= 15 is 0 Å². The van der Waals surface area contributed by atoms with Gasteiger partial charge in [0.15, 0.2) is 0 Å². The van der Waals surface area contributed by atoms with Gasteiger partial charge in [-0.2, -0.15) is 0 Å². The number of aryl methyl sites for hydroxylation is 6. The van der Waals surface area contributed by atoms with Crippen molar-refractivity contribution in [3.8, 4) is 0 Å². The lowest BCUT2D eigenvalue weighted by Crippen LogP contribution is -2.55. The minimum absolute atomic E-state index is 0.00171. The van der Waals surface area contributed by atoms with Crippen LogP contribution in [0.3, 0.4) is 0 Å². The van der Waals surface area contributed by atoms with E-state index in [0.717, 1.165) is 119 Å². The molecule has 4 aromatic carbocycles. The van der Waals surface area contributed by atoms with Crippen molar-refractivity contribution >= 4 is 72.8 Å². The number of hydrogen-bond donors (Lipinski definition) is 1. The van der Waals surface area contributed by atoms with Gasteiger partial charge in [-0.3, -0.25) is 24.4 Å². The van der Waals surface area contributed by atoms with Crippen molar-refractivity contribution in [2.45, 2.75) is 141 Å². The van der Waals surface area contributed by atoms with Gasteiger partial charge in [-0.05, 0) is 201 Å². The number of piperidine rings is 2. The van der Waals surface area contributed by atoms with E-state index in [4.69, 9.17) is 33.2 Å². The Bertz CT molecular complexity index is 3570. The van der Waals surface area contributed by atoms with Crippen molar-refractivity contribution in [3.63, 3.8) is 0 Å². The van der Waals surface area contributed by atoms with E-state index < -0.39 is 6.04 Å². The Hall–Kier alpha value is -6.49. The molecule has 1 N–H and O–H groups in total. The van der Waals surface area contributed by atoms with Gasteiger partial charge in [0.25, 0.3) is 0 Å². The molecule has 464 valence electrons. The van der Waals surface area contributed by atoms with E-state index in [0.29, 0.717) is 51.5 Å². The number of pyridine rings is 2. The second kappa shape index (κ2) is 29.6. The van der Waals surface area contributed by atoms with Crippen LogP contribution in [0, 0.1) is 17.3 Å². The highest BCUT2D eigenvalue weighted by Gasteiger charge is 2.44. The molecule has 89 heavy (non-hydrogen) atoms. The number of likely N-dealkylation sites (tertiary alicyclic amines) is 1. The normalized spacial score (nSPS) is 19.7. The summed E-state index contributed by atoms with van der Waals surface area (Å²) in [5, 5.41) is 5.09. The van der Waals surface area contributed by atoms with E-state index in [2.05, 4.69) is 133 Å². The van der Waals surface area contributed by atoms with Gasteiger partial charge >= 0.3 is 0 Å². The van der Waals surface area contributed by atoms with Gasteiger partial charge in [-0.15, -0.1) is 0 Å². The van der Waals surface area contributed by atoms with Crippen LogP contribution in [0.5, 0.6) is 0 Å². The zero-order valence-electron chi connectivity index (χ0n) is 51.2. The summed E-state index contributed by atoms with van der Waals surface area (Å²) < 4.78 is 6.08. The zero-order chi connectivity index (χ0) is 62.0. The van der Waals surface area contributed by atoms with Gasteiger partial charge in [-0.1, -0.05) is 117 Å². The topological polar surface area (TPSA) is 134 Å². The molecule has 0 bridgehead atoms. The molecule has 17 heteroatoms. The maximum absolute atomic E-state index is 14.9. The smallest absolute Gasteiger partial charge is 0.245 e. The summed E-state index contributed by atoms with van der Waals surface area (Å²) in [4.78, 5) is 67.3. The molecule has 2 saturated heterocycles. The van der Waals surface area contributed by atoms with Crippen molar-refractivity contribution in [3.05, 3.63) is 234 Å². The summed E-state index contributed by atoms with van der Waals surface area (Å²) in [6.07, 6.45) is 23.7.